The average molecular weight is 437 g/mol. The van der Waals surface area contributed by atoms with E-state index in [0.717, 1.165) is 11.1 Å². The molecule has 0 atom stereocenters. The predicted octanol–water partition coefficient (Wildman–Crippen LogP) is 5.09. The first kappa shape index (κ1) is 23.0. The fourth-order valence-electron chi connectivity index (χ4n) is 3.90. The lowest BCUT2D eigenvalue weighted by Gasteiger charge is -2.33. The van der Waals surface area contributed by atoms with Crippen LogP contribution in [0.5, 0.6) is 28.7 Å². The lowest BCUT2D eigenvalue weighted by molar-refractivity contribution is -0.132. The molecule has 168 valence electrons. The zero-order valence-corrected chi connectivity index (χ0v) is 18.8. The van der Waals surface area contributed by atoms with E-state index in [-0.39, 0.29) is 28.7 Å². The van der Waals surface area contributed by atoms with Gasteiger partial charge < -0.3 is 25.2 Å². The summed E-state index contributed by atoms with van der Waals surface area (Å²) in [5.41, 5.74) is 0.968. The van der Waals surface area contributed by atoms with Gasteiger partial charge in [0.15, 0.2) is 11.5 Å². The first-order valence-electron chi connectivity index (χ1n) is 10.2. The van der Waals surface area contributed by atoms with Gasteiger partial charge in [0.1, 0.15) is 11.5 Å². The number of phenols is 4. The molecule has 6 nitrogen and oxygen atoms in total. The van der Waals surface area contributed by atoms with E-state index in [1.807, 2.05) is 27.7 Å². The molecule has 3 aromatic carbocycles. The molecule has 0 heterocycles. The first-order valence-corrected chi connectivity index (χ1v) is 10.2. The Morgan fingerprint density at radius 3 is 1.34 bits per heavy atom. The highest BCUT2D eigenvalue weighted by atomic mass is 16.5. The molecule has 0 fully saturated rings. The molecule has 4 N–H and O–H groups in total. The van der Waals surface area contributed by atoms with E-state index in [4.69, 9.17) is 4.74 Å². The van der Waals surface area contributed by atoms with Gasteiger partial charge in [-0.3, -0.25) is 4.79 Å². The molecule has 0 aliphatic heterocycles. The van der Waals surface area contributed by atoms with Crippen molar-refractivity contribution >= 4 is 5.97 Å². The Labute approximate surface area is 187 Å². The Bertz CT molecular complexity index is 1060. The Balaban J connectivity index is 2.30. The maximum atomic E-state index is 11.8. The van der Waals surface area contributed by atoms with E-state index >= 15 is 0 Å². The van der Waals surface area contributed by atoms with Crippen molar-refractivity contribution in [2.75, 3.05) is 0 Å². The number of ether oxygens (including phenoxy) is 1. The van der Waals surface area contributed by atoms with Gasteiger partial charge in [-0.05, 0) is 41.5 Å². The molecular formula is C26H28O6. The lowest BCUT2D eigenvalue weighted by Crippen LogP contribution is -2.24. The van der Waals surface area contributed by atoms with Gasteiger partial charge in [0.05, 0.1) is 0 Å². The Kier molecular flexibility index (Phi) is 5.83. The summed E-state index contributed by atoms with van der Waals surface area (Å²) in [6.45, 7) is 8.75. The van der Waals surface area contributed by atoms with Crippen LogP contribution in [0, 0.1) is 0 Å². The zero-order valence-electron chi connectivity index (χ0n) is 18.8. The number of esters is 1. The van der Waals surface area contributed by atoms with Crippen molar-refractivity contribution in [2.45, 2.75) is 45.4 Å². The summed E-state index contributed by atoms with van der Waals surface area (Å²) in [6, 6.07) is 14.9. The summed E-state index contributed by atoms with van der Waals surface area (Å²) >= 11 is 0. The summed E-state index contributed by atoms with van der Waals surface area (Å²) in [5.74, 6) is -1.40. The van der Waals surface area contributed by atoms with E-state index in [9.17, 15) is 25.2 Å². The Morgan fingerprint density at radius 2 is 1.03 bits per heavy atom. The molecule has 0 aliphatic carbocycles. The van der Waals surface area contributed by atoms with E-state index in [1.165, 1.54) is 6.92 Å². The predicted molar refractivity (Wildman–Crippen MR) is 122 cm³/mol. The minimum absolute atomic E-state index is 0.120. The van der Waals surface area contributed by atoms with Crippen LogP contribution in [-0.2, 0) is 15.6 Å². The first-order chi connectivity index (χ1) is 14.9. The largest absolute Gasteiger partial charge is 0.508 e. The third-order valence-electron chi connectivity index (χ3n) is 6.00. The number of hydrogen-bond acceptors (Lipinski definition) is 6. The van der Waals surface area contributed by atoms with Crippen molar-refractivity contribution in [1.82, 2.24) is 0 Å². The average Bonchev–Trinajstić information content (AvgIpc) is 2.71. The summed E-state index contributed by atoms with van der Waals surface area (Å²) in [7, 11) is 0. The van der Waals surface area contributed by atoms with E-state index in [1.54, 1.807) is 54.6 Å². The molecule has 0 saturated heterocycles. The van der Waals surface area contributed by atoms with Crippen LogP contribution in [0.15, 0.2) is 54.6 Å². The number of phenolic OH excluding ortho intramolecular Hbond substituents is 4. The summed E-state index contributed by atoms with van der Waals surface area (Å²) in [5, 5.41) is 41.4. The fraction of sp³-hybridized carbons (Fsp3) is 0.269. The van der Waals surface area contributed by atoms with Gasteiger partial charge in [0.25, 0.3) is 0 Å². The molecule has 0 unspecified atom stereocenters. The summed E-state index contributed by atoms with van der Waals surface area (Å²) < 4.78 is 5.24. The quantitative estimate of drug-likeness (QED) is 0.328. The number of rotatable bonds is 5. The van der Waals surface area contributed by atoms with Gasteiger partial charge in [-0.1, -0.05) is 52.0 Å². The van der Waals surface area contributed by atoms with Gasteiger partial charge >= 0.3 is 5.97 Å². The van der Waals surface area contributed by atoms with Crippen molar-refractivity contribution in [3.8, 4) is 28.7 Å². The van der Waals surface area contributed by atoms with Crippen LogP contribution in [0.3, 0.4) is 0 Å². The monoisotopic (exact) mass is 436 g/mol. The fourth-order valence-corrected chi connectivity index (χ4v) is 3.90. The lowest BCUT2D eigenvalue weighted by atomic mass is 9.72. The number of carbonyl (C=O) groups excluding carboxylic acids is 1. The second-order valence-corrected chi connectivity index (χ2v) is 8.94. The van der Waals surface area contributed by atoms with E-state index in [0.29, 0.717) is 11.1 Å². The maximum absolute atomic E-state index is 11.8. The zero-order chi connectivity index (χ0) is 23.8. The Hall–Kier alpha value is -3.67. The number of benzene rings is 3. The van der Waals surface area contributed by atoms with Crippen molar-refractivity contribution < 1.29 is 30.0 Å². The van der Waals surface area contributed by atoms with Crippen molar-refractivity contribution in [3.63, 3.8) is 0 Å². The Morgan fingerprint density at radius 1 is 0.688 bits per heavy atom. The van der Waals surface area contributed by atoms with Crippen LogP contribution >= 0.6 is 0 Å². The molecule has 0 aromatic heterocycles. The SMILES string of the molecule is CC(=O)Oc1c(O)c(C(C)(C)c2ccc(O)cc2)cc(C(C)(C)c2ccc(O)cc2)c1O. The van der Waals surface area contributed by atoms with Crippen LogP contribution in [0.4, 0.5) is 0 Å². The van der Waals surface area contributed by atoms with Crippen LogP contribution < -0.4 is 4.74 Å². The highest BCUT2D eigenvalue weighted by molar-refractivity contribution is 5.74. The van der Waals surface area contributed by atoms with Crippen LogP contribution in [0.1, 0.15) is 56.9 Å². The molecule has 32 heavy (non-hydrogen) atoms. The third-order valence-corrected chi connectivity index (χ3v) is 6.00. The van der Waals surface area contributed by atoms with Gasteiger partial charge in [0.2, 0.25) is 5.75 Å². The summed E-state index contributed by atoms with van der Waals surface area (Å²) in [4.78, 5) is 11.8. The topological polar surface area (TPSA) is 107 Å². The molecule has 0 aliphatic rings. The molecule has 0 bridgehead atoms. The highest BCUT2D eigenvalue weighted by Gasteiger charge is 2.36. The van der Waals surface area contributed by atoms with Crippen molar-refractivity contribution in [2.24, 2.45) is 0 Å². The molecule has 3 aromatic rings. The molecule has 3 rings (SSSR count). The normalized spacial score (nSPS) is 11.9. The second-order valence-electron chi connectivity index (χ2n) is 8.94. The van der Waals surface area contributed by atoms with E-state index < -0.39 is 16.8 Å². The highest BCUT2D eigenvalue weighted by Crippen LogP contribution is 2.51. The third kappa shape index (κ3) is 4.08. The minimum Gasteiger partial charge on any atom is -0.508 e. The number of aromatic hydroxyl groups is 4. The van der Waals surface area contributed by atoms with E-state index in [2.05, 4.69) is 0 Å². The summed E-state index contributed by atoms with van der Waals surface area (Å²) in [6.07, 6.45) is 0. The minimum atomic E-state index is -0.764. The standard InChI is InChI=1S/C26H28O6/c1-15(27)32-24-22(30)20(25(2,3)16-6-10-18(28)11-7-16)14-21(23(24)31)26(4,5)17-8-12-19(29)13-9-17/h6-14,28-31H,1-5H3. The van der Waals surface area contributed by atoms with Gasteiger partial charge in [0, 0.05) is 28.9 Å². The van der Waals surface area contributed by atoms with Crippen LogP contribution in [0.2, 0.25) is 0 Å². The smallest absolute Gasteiger partial charge is 0.308 e. The van der Waals surface area contributed by atoms with Gasteiger partial charge in [-0.25, -0.2) is 0 Å². The number of hydrogen-bond donors (Lipinski definition) is 4. The van der Waals surface area contributed by atoms with Gasteiger partial charge in [-0.15, -0.1) is 0 Å². The van der Waals surface area contributed by atoms with Crippen molar-refractivity contribution in [3.05, 3.63) is 76.9 Å². The molecule has 0 saturated carbocycles. The molecule has 0 radical (unpaired) electrons. The van der Waals surface area contributed by atoms with Crippen molar-refractivity contribution in [1.29, 1.82) is 0 Å². The van der Waals surface area contributed by atoms with Crippen LogP contribution in [-0.4, -0.2) is 26.4 Å². The maximum Gasteiger partial charge on any atom is 0.308 e. The van der Waals surface area contributed by atoms with Crippen LogP contribution in [0.25, 0.3) is 0 Å². The molecule has 0 amide bonds. The number of carbonyl (C=O) groups is 1. The molecular weight excluding hydrogens is 408 g/mol. The molecule has 6 heteroatoms. The molecule has 0 spiro atoms. The van der Waals surface area contributed by atoms with Gasteiger partial charge in [-0.2, -0.15) is 0 Å². The second kappa shape index (κ2) is 8.11.